The zero-order chi connectivity index (χ0) is 14.4. The summed E-state index contributed by atoms with van der Waals surface area (Å²) < 4.78 is 0. The highest BCUT2D eigenvalue weighted by Crippen LogP contribution is 2.15. The number of urea groups is 1. The Bertz CT molecular complexity index is 436. The molecule has 5 nitrogen and oxygen atoms in total. The van der Waals surface area contributed by atoms with Gasteiger partial charge in [0, 0.05) is 43.7 Å². The van der Waals surface area contributed by atoms with Gasteiger partial charge in [-0.2, -0.15) is 0 Å². The predicted octanol–water partition coefficient (Wildman–Crippen LogP) is 1.80. The molecule has 0 spiro atoms. The maximum Gasteiger partial charge on any atom is 0.317 e. The van der Waals surface area contributed by atoms with Gasteiger partial charge >= 0.3 is 6.03 Å². The highest BCUT2D eigenvalue weighted by atomic mass is 32.1. The van der Waals surface area contributed by atoms with E-state index in [0.29, 0.717) is 13.1 Å². The molecule has 2 amide bonds. The van der Waals surface area contributed by atoms with Gasteiger partial charge in [-0.15, -0.1) is 11.3 Å². The zero-order valence-corrected chi connectivity index (χ0v) is 12.8. The number of aliphatic hydroxyl groups is 1. The first-order valence-electron chi connectivity index (χ1n) is 7.23. The van der Waals surface area contributed by atoms with E-state index in [-0.39, 0.29) is 18.6 Å². The van der Waals surface area contributed by atoms with E-state index >= 15 is 0 Å². The summed E-state index contributed by atoms with van der Waals surface area (Å²) in [4.78, 5) is 18.2. The van der Waals surface area contributed by atoms with E-state index in [4.69, 9.17) is 5.11 Å². The maximum absolute atomic E-state index is 12.0. The highest BCUT2D eigenvalue weighted by molar-refractivity contribution is 7.09. The molecular weight excluding hydrogens is 274 g/mol. The minimum absolute atomic E-state index is 0.00142. The number of likely N-dealkylation sites (tertiary alicyclic amines) is 1. The van der Waals surface area contributed by atoms with Crippen LogP contribution < -0.4 is 5.32 Å². The van der Waals surface area contributed by atoms with Crippen LogP contribution in [0.4, 0.5) is 4.79 Å². The van der Waals surface area contributed by atoms with E-state index in [9.17, 15) is 4.79 Å². The quantitative estimate of drug-likeness (QED) is 0.815. The maximum atomic E-state index is 12.0. The van der Waals surface area contributed by atoms with Crippen LogP contribution in [0.2, 0.25) is 0 Å². The molecule has 1 fully saturated rings. The summed E-state index contributed by atoms with van der Waals surface area (Å²) in [5, 5.41) is 15.3. The fourth-order valence-corrected chi connectivity index (χ4v) is 3.28. The van der Waals surface area contributed by atoms with Crippen LogP contribution in [0, 0.1) is 12.8 Å². The first-order valence-corrected chi connectivity index (χ1v) is 8.11. The fraction of sp³-hybridized carbons (Fsp3) is 0.714. The van der Waals surface area contributed by atoms with Gasteiger partial charge in [0.2, 0.25) is 0 Å². The third-order valence-electron chi connectivity index (χ3n) is 3.57. The van der Waals surface area contributed by atoms with E-state index in [1.165, 1.54) is 0 Å². The van der Waals surface area contributed by atoms with Crippen molar-refractivity contribution >= 4 is 17.4 Å². The minimum Gasteiger partial charge on any atom is -0.396 e. The first-order chi connectivity index (χ1) is 9.69. The number of aliphatic hydroxyl groups excluding tert-OH is 1. The van der Waals surface area contributed by atoms with Crippen LogP contribution in [0.15, 0.2) is 5.38 Å². The summed E-state index contributed by atoms with van der Waals surface area (Å²) in [7, 11) is 0. The number of aryl methyl sites for hydroxylation is 2. The number of thiazole rings is 1. The van der Waals surface area contributed by atoms with Gasteiger partial charge in [0.15, 0.2) is 0 Å². The molecule has 2 rings (SSSR count). The van der Waals surface area contributed by atoms with E-state index in [1.54, 1.807) is 11.3 Å². The topological polar surface area (TPSA) is 65.5 Å². The van der Waals surface area contributed by atoms with E-state index in [2.05, 4.69) is 15.7 Å². The number of carbonyl (C=O) groups is 1. The second-order valence-electron chi connectivity index (χ2n) is 5.35. The molecule has 1 aliphatic rings. The van der Waals surface area contributed by atoms with Crippen molar-refractivity contribution in [2.24, 2.45) is 5.92 Å². The van der Waals surface area contributed by atoms with Crippen LogP contribution in [-0.4, -0.2) is 47.3 Å². The summed E-state index contributed by atoms with van der Waals surface area (Å²) in [6.45, 7) is 4.32. The first kappa shape index (κ1) is 15.3. The van der Waals surface area contributed by atoms with Gasteiger partial charge in [-0.3, -0.25) is 0 Å². The second-order valence-corrected chi connectivity index (χ2v) is 6.30. The van der Waals surface area contributed by atoms with Crippen molar-refractivity contribution in [2.75, 3.05) is 26.2 Å². The number of amides is 2. The van der Waals surface area contributed by atoms with Crippen LogP contribution in [0.5, 0.6) is 0 Å². The van der Waals surface area contributed by atoms with Gasteiger partial charge in [0.25, 0.3) is 0 Å². The molecule has 1 aromatic rings. The SMILES string of the molecule is Cc1csc(CCCNC(=O)N2CCCC(CO)C2)n1. The van der Waals surface area contributed by atoms with Gasteiger partial charge in [0.1, 0.15) is 0 Å². The van der Waals surface area contributed by atoms with Crippen LogP contribution >= 0.6 is 11.3 Å². The van der Waals surface area contributed by atoms with Crippen LogP contribution in [0.3, 0.4) is 0 Å². The van der Waals surface area contributed by atoms with E-state index in [1.807, 2.05) is 11.8 Å². The molecule has 2 N–H and O–H groups in total. The van der Waals surface area contributed by atoms with Crippen molar-refractivity contribution in [2.45, 2.75) is 32.6 Å². The number of piperidine rings is 1. The van der Waals surface area contributed by atoms with Crippen molar-refractivity contribution in [3.63, 3.8) is 0 Å². The monoisotopic (exact) mass is 297 g/mol. The van der Waals surface area contributed by atoms with Crippen molar-refractivity contribution in [1.82, 2.24) is 15.2 Å². The molecule has 6 heteroatoms. The second kappa shape index (κ2) is 7.59. The Morgan fingerprint density at radius 3 is 3.20 bits per heavy atom. The average Bonchev–Trinajstić information content (AvgIpc) is 2.89. The lowest BCUT2D eigenvalue weighted by atomic mass is 9.99. The fourth-order valence-electron chi connectivity index (χ4n) is 2.46. The van der Waals surface area contributed by atoms with Crippen molar-refractivity contribution in [1.29, 1.82) is 0 Å². The van der Waals surface area contributed by atoms with Gasteiger partial charge in [-0.05, 0) is 32.1 Å². The summed E-state index contributed by atoms with van der Waals surface area (Å²) in [5.74, 6) is 0.243. The van der Waals surface area contributed by atoms with Gasteiger partial charge in [-0.1, -0.05) is 0 Å². The summed E-state index contributed by atoms with van der Waals surface area (Å²) in [6, 6.07) is -0.00142. The molecule has 1 atom stereocenters. The third-order valence-corrected chi connectivity index (χ3v) is 4.60. The van der Waals surface area contributed by atoms with Crippen LogP contribution in [0.25, 0.3) is 0 Å². The largest absolute Gasteiger partial charge is 0.396 e. The molecule has 0 saturated carbocycles. The van der Waals surface area contributed by atoms with E-state index in [0.717, 1.165) is 42.9 Å². The van der Waals surface area contributed by atoms with Gasteiger partial charge < -0.3 is 15.3 Å². The summed E-state index contributed by atoms with van der Waals surface area (Å²) in [6.07, 6.45) is 3.83. The summed E-state index contributed by atoms with van der Waals surface area (Å²) >= 11 is 1.68. The lowest BCUT2D eigenvalue weighted by Gasteiger charge is -2.31. The molecule has 20 heavy (non-hydrogen) atoms. The third kappa shape index (κ3) is 4.45. The number of rotatable bonds is 5. The molecule has 0 radical (unpaired) electrons. The molecular formula is C14H23N3O2S. The Morgan fingerprint density at radius 2 is 2.50 bits per heavy atom. The number of hydrogen-bond donors (Lipinski definition) is 2. The minimum atomic E-state index is -0.00142. The number of nitrogens with zero attached hydrogens (tertiary/aromatic N) is 2. The number of aromatic nitrogens is 1. The highest BCUT2D eigenvalue weighted by Gasteiger charge is 2.22. The summed E-state index contributed by atoms with van der Waals surface area (Å²) in [5.41, 5.74) is 1.07. The van der Waals surface area contributed by atoms with Gasteiger partial charge in [-0.25, -0.2) is 9.78 Å². The molecule has 112 valence electrons. The van der Waals surface area contributed by atoms with Crippen molar-refractivity contribution in [3.8, 4) is 0 Å². The van der Waals surface area contributed by atoms with Crippen molar-refractivity contribution in [3.05, 3.63) is 16.1 Å². The number of hydrogen-bond acceptors (Lipinski definition) is 4. The number of nitrogens with one attached hydrogen (secondary N) is 1. The molecule has 0 bridgehead atoms. The molecule has 0 aromatic carbocycles. The number of carbonyl (C=O) groups excluding carboxylic acids is 1. The molecule has 1 aromatic heterocycles. The predicted molar refractivity (Wildman–Crippen MR) is 80.0 cm³/mol. The molecule has 0 aliphatic carbocycles. The molecule has 1 saturated heterocycles. The average molecular weight is 297 g/mol. The van der Waals surface area contributed by atoms with E-state index < -0.39 is 0 Å². The standard InChI is InChI=1S/C14H23N3O2S/c1-11-10-20-13(16-11)5-2-6-15-14(19)17-7-3-4-12(8-17)9-18/h10,12,18H,2-9H2,1H3,(H,15,19). The Balaban J connectivity index is 1.64. The van der Waals surface area contributed by atoms with Crippen molar-refractivity contribution < 1.29 is 9.90 Å². The normalized spacial score (nSPS) is 19.1. The smallest absolute Gasteiger partial charge is 0.317 e. The Morgan fingerprint density at radius 1 is 1.65 bits per heavy atom. The molecule has 1 unspecified atom stereocenters. The lowest BCUT2D eigenvalue weighted by molar-refractivity contribution is 0.129. The Hall–Kier alpha value is -1.14. The Labute approximate surface area is 124 Å². The molecule has 2 heterocycles. The zero-order valence-electron chi connectivity index (χ0n) is 12.0. The molecule has 1 aliphatic heterocycles. The van der Waals surface area contributed by atoms with Gasteiger partial charge in [0.05, 0.1) is 5.01 Å². The lowest BCUT2D eigenvalue weighted by Crippen LogP contribution is -2.46. The van der Waals surface area contributed by atoms with Crippen LogP contribution in [-0.2, 0) is 6.42 Å². The Kier molecular flexibility index (Phi) is 5.79. The van der Waals surface area contributed by atoms with Crippen LogP contribution in [0.1, 0.15) is 30.0 Å².